The quantitative estimate of drug-likeness (QED) is 0.233. The molecule has 0 N–H and O–H groups in total. The summed E-state index contributed by atoms with van der Waals surface area (Å²) in [5, 5.41) is 4.87. The molecule has 8 rings (SSSR count). The lowest BCUT2D eigenvalue weighted by Gasteiger charge is -2.28. The fraction of sp³-hybridized carbons (Fsp3) is 0.105. The summed E-state index contributed by atoms with van der Waals surface area (Å²) in [6.07, 6.45) is 0. The molecule has 1 aliphatic rings. The number of fused-ring (bicyclic) bond motifs is 7. The van der Waals surface area contributed by atoms with Crippen LogP contribution in [0.25, 0.3) is 43.8 Å². The lowest BCUT2D eigenvalue weighted by molar-refractivity contribution is 0.661. The maximum atomic E-state index is 6.62. The standard InChI is InChI=1S/C38H29NO/c1-24-11-9-16-30-31-17-10-18-35(37(31)40-36(24)30)39(27-14-5-4-6-15-27)28-19-20-29-32-21-25-12-7-8-13-26(25)22-33(32)38(2,3)34(29)23-28/h4-23H,1-3H3. The molecule has 0 amide bonds. The molecule has 0 saturated heterocycles. The van der Waals surface area contributed by atoms with Gasteiger partial charge in [-0.25, -0.2) is 0 Å². The van der Waals surface area contributed by atoms with Crippen LogP contribution in [-0.2, 0) is 5.41 Å². The van der Waals surface area contributed by atoms with Crippen molar-refractivity contribution in [3.8, 4) is 11.1 Å². The number of hydrogen-bond donors (Lipinski definition) is 0. The molecule has 0 spiro atoms. The second kappa shape index (κ2) is 8.34. The first-order valence-corrected chi connectivity index (χ1v) is 13.9. The van der Waals surface area contributed by atoms with Crippen molar-refractivity contribution in [2.75, 3.05) is 4.90 Å². The van der Waals surface area contributed by atoms with Gasteiger partial charge in [0.1, 0.15) is 5.58 Å². The summed E-state index contributed by atoms with van der Waals surface area (Å²) in [4.78, 5) is 2.34. The third kappa shape index (κ3) is 3.23. The lowest BCUT2D eigenvalue weighted by Crippen LogP contribution is -2.16. The Morgan fingerprint density at radius 3 is 2.02 bits per heavy atom. The van der Waals surface area contributed by atoms with Gasteiger partial charge in [0.15, 0.2) is 5.58 Å². The van der Waals surface area contributed by atoms with Gasteiger partial charge in [0.2, 0.25) is 0 Å². The lowest BCUT2D eigenvalue weighted by atomic mass is 9.81. The zero-order valence-electron chi connectivity index (χ0n) is 22.9. The van der Waals surface area contributed by atoms with Crippen molar-refractivity contribution < 1.29 is 4.42 Å². The first-order valence-electron chi connectivity index (χ1n) is 13.9. The number of aryl methyl sites for hydroxylation is 1. The van der Waals surface area contributed by atoms with Crippen LogP contribution in [0.5, 0.6) is 0 Å². The van der Waals surface area contributed by atoms with Gasteiger partial charge < -0.3 is 9.32 Å². The maximum Gasteiger partial charge on any atom is 0.159 e. The van der Waals surface area contributed by atoms with Gasteiger partial charge >= 0.3 is 0 Å². The van der Waals surface area contributed by atoms with Crippen LogP contribution in [0.1, 0.15) is 30.5 Å². The number of furan rings is 1. The Hall–Kier alpha value is -4.82. The Kier molecular flexibility index (Phi) is 4.82. The predicted octanol–water partition coefficient (Wildman–Crippen LogP) is 10.8. The van der Waals surface area contributed by atoms with Crippen LogP contribution in [0.4, 0.5) is 17.1 Å². The highest BCUT2D eigenvalue weighted by Gasteiger charge is 2.36. The van der Waals surface area contributed by atoms with Gasteiger partial charge in [-0.15, -0.1) is 0 Å². The Morgan fingerprint density at radius 1 is 0.550 bits per heavy atom. The minimum atomic E-state index is -0.116. The second-order valence-corrected chi connectivity index (χ2v) is 11.5. The van der Waals surface area contributed by atoms with E-state index < -0.39 is 0 Å². The van der Waals surface area contributed by atoms with Gasteiger partial charge in [-0.3, -0.25) is 0 Å². The molecule has 7 aromatic rings. The minimum Gasteiger partial charge on any atom is -0.454 e. The largest absolute Gasteiger partial charge is 0.454 e. The van der Waals surface area contributed by atoms with Crippen molar-refractivity contribution in [3.63, 3.8) is 0 Å². The molecule has 1 aromatic heterocycles. The summed E-state index contributed by atoms with van der Waals surface area (Å²) in [6, 6.07) is 43.9. The molecule has 0 saturated carbocycles. The van der Waals surface area contributed by atoms with Gasteiger partial charge in [0.05, 0.1) is 5.69 Å². The molecule has 0 fully saturated rings. The topological polar surface area (TPSA) is 16.4 Å². The van der Waals surface area contributed by atoms with Crippen molar-refractivity contribution >= 4 is 49.8 Å². The first kappa shape index (κ1) is 23.1. The summed E-state index contributed by atoms with van der Waals surface area (Å²) in [5.41, 5.74) is 11.6. The third-order valence-electron chi connectivity index (χ3n) is 8.74. The van der Waals surface area contributed by atoms with E-state index in [-0.39, 0.29) is 5.41 Å². The number of nitrogens with zero attached hydrogens (tertiary/aromatic N) is 1. The minimum absolute atomic E-state index is 0.116. The zero-order chi connectivity index (χ0) is 27.0. The van der Waals surface area contributed by atoms with E-state index >= 15 is 0 Å². The number of para-hydroxylation sites is 3. The highest BCUT2D eigenvalue weighted by atomic mass is 16.3. The molecule has 0 aliphatic heterocycles. The van der Waals surface area contributed by atoms with Crippen molar-refractivity contribution in [3.05, 3.63) is 138 Å². The van der Waals surface area contributed by atoms with E-state index in [1.54, 1.807) is 0 Å². The molecule has 0 unspecified atom stereocenters. The fourth-order valence-electron chi connectivity index (χ4n) is 6.68. The summed E-state index contributed by atoms with van der Waals surface area (Å²) < 4.78 is 6.62. The normalized spacial score (nSPS) is 13.6. The van der Waals surface area contributed by atoms with E-state index in [1.165, 1.54) is 33.0 Å². The van der Waals surface area contributed by atoms with Crippen molar-refractivity contribution in [2.45, 2.75) is 26.2 Å². The third-order valence-corrected chi connectivity index (χ3v) is 8.74. The van der Waals surface area contributed by atoms with Gasteiger partial charge in [-0.1, -0.05) is 92.7 Å². The SMILES string of the molecule is Cc1cccc2c1oc1c(N(c3ccccc3)c3ccc4c(c3)C(C)(C)c3cc5ccccc5cc3-4)cccc12. The van der Waals surface area contributed by atoms with Crippen molar-refractivity contribution in [2.24, 2.45) is 0 Å². The van der Waals surface area contributed by atoms with Gasteiger partial charge in [0.25, 0.3) is 0 Å². The molecule has 0 atom stereocenters. The summed E-state index contributed by atoms with van der Waals surface area (Å²) in [6.45, 7) is 6.82. The molecule has 1 heterocycles. The Bertz CT molecular complexity index is 2100. The van der Waals surface area contributed by atoms with Crippen LogP contribution in [0, 0.1) is 6.92 Å². The number of anilines is 3. The molecule has 40 heavy (non-hydrogen) atoms. The monoisotopic (exact) mass is 515 g/mol. The average Bonchev–Trinajstić information content (AvgIpc) is 3.47. The summed E-state index contributed by atoms with van der Waals surface area (Å²) in [5.74, 6) is 0. The van der Waals surface area contributed by atoms with E-state index in [1.807, 2.05) is 0 Å². The van der Waals surface area contributed by atoms with Crippen LogP contribution in [0.2, 0.25) is 0 Å². The van der Waals surface area contributed by atoms with E-state index in [9.17, 15) is 0 Å². The Morgan fingerprint density at radius 2 is 1.23 bits per heavy atom. The molecule has 2 heteroatoms. The molecule has 1 aliphatic carbocycles. The van der Waals surface area contributed by atoms with E-state index in [4.69, 9.17) is 4.42 Å². The van der Waals surface area contributed by atoms with Crippen LogP contribution in [0.3, 0.4) is 0 Å². The fourth-order valence-corrected chi connectivity index (χ4v) is 6.68. The van der Waals surface area contributed by atoms with Gasteiger partial charge in [0, 0.05) is 27.6 Å². The highest BCUT2D eigenvalue weighted by molar-refractivity contribution is 6.11. The predicted molar refractivity (Wildman–Crippen MR) is 168 cm³/mol. The van der Waals surface area contributed by atoms with Gasteiger partial charge in [-0.05, 0) is 88.0 Å². The van der Waals surface area contributed by atoms with Crippen LogP contribution < -0.4 is 4.90 Å². The van der Waals surface area contributed by atoms with Crippen LogP contribution >= 0.6 is 0 Å². The van der Waals surface area contributed by atoms with Crippen LogP contribution in [0.15, 0.2) is 126 Å². The summed E-state index contributed by atoms with van der Waals surface area (Å²) in [7, 11) is 0. The number of rotatable bonds is 3. The van der Waals surface area contributed by atoms with Gasteiger partial charge in [-0.2, -0.15) is 0 Å². The average molecular weight is 516 g/mol. The van der Waals surface area contributed by atoms with E-state index in [0.29, 0.717) is 0 Å². The number of benzene rings is 6. The second-order valence-electron chi connectivity index (χ2n) is 11.5. The molecule has 6 aromatic carbocycles. The van der Waals surface area contributed by atoms with E-state index in [2.05, 4.69) is 147 Å². The Balaban J connectivity index is 1.37. The highest BCUT2D eigenvalue weighted by Crippen LogP contribution is 2.52. The van der Waals surface area contributed by atoms with Crippen molar-refractivity contribution in [1.82, 2.24) is 0 Å². The van der Waals surface area contributed by atoms with Crippen molar-refractivity contribution in [1.29, 1.82) is 0 Å². The molecule has 0 radical (unpaired) electrons. The molecule has 0 bridgehead atoms. The first-order chi connectivity index (χ1) is 19.5. The molecular weight excluding hydrogens is 486 g/mol. The van der Waals surface area contributed by atoms with E-state index in [0.717, 1.165) is 44.6 Å². The summed E-state index contributed by atoms with van der Waals surface area (Å²) >= 11 is 0. The maximum absolute atomic E-state index is 6.62. The number of hydrogen-bond acceptors (Lipinski definition) is 2. The Labute approximate surface area is 234 Å². The molecular formula is C38H29NO. The molecule has 2 nitrogen and oxygen atoms in total. The van der Waals surface area contributed by atoms with Crippen LogP contribution in [-0.4, -0.2) is 0 Å². The molecule has 192 valence electrons. The zero-order valence-corrected chi connectivity index (χ0v) is 22.9. The smallest absolute Gasteiger partial charge is 0.159 e.